The van der Waals surface area contributed by atoms with Crippen LogP contribution in [0.25, 0.3) is 54.9 Å². The molecule has 0 amide bonds. The fourth-order valence-electron chi connectivity index (χ4n) is 6.28. The maximum atomic E-state index is 2.38. The number of fused-ring (bicyclic) bond motifs is 6. The molecule has 35 heavy (non-hydrogen) atoms. The fourth-order valence-corrected chi connectivity index (χ4v) is 6.28. The van der Waals surface area contributed by atoms with Crippen LogP contribution >= 0.6 is 0 Å². The molecule has 6 aromatic rings. The first-order valence-electron chi connectivity index (χ1n) is 12.4. The van der Waals surface area contributed by atoms with Gasteiger partial charge in [0.15, 0.2) is 0 Å². The van der Waals surface area contributed by atoms with E-state index in [9.17, 15) is 0 Å². The largest absolute Gasteiger partial charge is 0.0622 e. The van der Waals surface area contributed by atoms with Crippen LogP contribution in [0.5, 0.6) is 0 Å². The van der Waals surface area contributed by atoms with Gasteiger partial charge in [0.25, 0.3) is 0 Å². The minimum Gasteiger partial charge on any atom is -0.0622 e. The predicted molar refractivity (Wildman–Crippen MR) is 150 cm³/mol. The maximum absolute atomic E-state index is 2.38. The van der Waals surface area contributed by atoms with Crippen molar-refractivity contribution >= 4 is 21.5 Å². The van der Waals surface area contributed by atoms with Crippen molar-refractivity contribution in [1.82, 2.24) is 0 Å². The van der Waals surface area contributed by atoms with Gasteiger partial charge in [0, 0.05) is 5.41 Å². The molecule has 0 spiro atoms. The van der Waals surface area contributed by atoms with E-state index in [4.69, 9.17) is 0 Å². The number of benzene rings is 6. The highest BCUT2D eigenvalue weighted by Crippen LogP contribution is 2.55. The van der Waals surface area contributed by atoms with Crippen LogP contribution in [0.4, 0.5) is 0 Å². The van der Waals surface area contributed by atoms with Crippen molar-refractivity contribution < 1.29 is 0 Å². The van der Waals surface area contributed by atoms with Gasteiger partial charge in [-0.1, -0.05) is 135 Å². The molecule has 0 aromatic heterocycles. The van der Waals surface area contributed by atoms with Crippen LogP contribution < -0.4 is 0 Å². The zero-order valence-corrected chi connectivity index (χ0v) is 20.0. The lowest BCUT2D eigenvalue weighted by molar-refractivity contribution is 0.661. The summed E-state index contributed by atoms with van der Waals surface area (Å²) >= 11 is 0. The Morgan fingerprint density at radius 3 is 1.63 bits per heavy atom. The molecule has 166 valence electrons. The molecule has 7 rings (SSSR count). The summed E-state index contributed by atoms with van der Waals surface area (Å²) in [6.45, 7) is 4.73. The molecule has 0 saturated carbocycles. The van der Waals surface area contributed by atoms with Crippen LogP contribution in [-0.2, 0) is 5.41 Å². The summed E-state index contributed by atoms with van der Waals surface area (Å²) in [6.07, 6.45) is 0. The molecule has 1 aliphatic carbocycles. The van der Waals surface area contributed by atoms with E-state index in [1.165, 1.54) is 66.1 Å². The summed E-state index contributed by atoms with van der Waals surface area (Å²) in [5, 5.41) is 5.29. The van der Waals surface area contributed by atoms with E-state index < -0.39 is 0 Å². The lowest BCUT2D eigenvalue weighted by Gasteiger charge is -2.23. The smallest absolute Gasteiger partial charge is 0.0159 e. The van der Waals surface area contributed by atoms with Gasteiger partial charge >= 0.3 is 0 Å². The highest BCUT2D eigenvalue weighted by atomic mass is 14.4. The number of rotatable bonds is 2. The Labute approximate surface area is 206 Å². The Kier molecular flexibility index (Phi) is 4.29. The highest BCUT2D eigenvalue weighted by molar-refractivity contribution is 6.25. The summed E-state index contributed by atoms with van der Waals surface area (Å²) in [4.78, 5) is 0. The summed E-state index contributed by atoms with van der Waals surface area (Å²) in [6, 6.07) is 44.5. The van der Waals surface area contributed by atoms with Gasteiger partial charge < -0.3 is 0 Å². The molecular weight excluding hydrogens is 420 g/mol. The monoisotopic (exact) mass is 446 g/mol. The average Bonchev–Trinajstić information content (AvgIpc) is 3.15. The van der Waals surface area contributed by atoms with E-state index in [-0.39, 0.29) is 5.41 Å². The van der Waals surface area contributed by atoms with Crippen molar-refractivity contribution in [3.63, 3.8) is 0 Å². The second kappa shape index (κ2) is 7.42. The predicted octanol–water partition coefficient (Wildman–Crippen LogP) is 9.63. The molecule has 0 bridgehead atoms. The first kappa shape index (κ1) is 20.2. The zero-order valence-electron chi connectivity index (χ0n) is 20.0. The minimum absolute atomic E-state index is 0.0351. The molecule has 6 aromatic carbocycles. The van der Waals surface area contributed by atoms with Crippen LogP contribution in [0.15, 0.2) is 121 Å². The van der Waals surface area contributed by atoms with Crippen LogP contribution in [0, 0.1) is 0 Å². The van der Waals surface area contributed by atoms with Gasteiger partial charge in [-0.2, -0.15) is 0 Å². The lowest BCUT2D eigenvalue weighted by Crippen LogP contribution is -2.14. The van der Waals surface area contributed by atoms with Gasteiger partial charge in [-0.05, 0) is 66.1 Å². The summed E-state index contributed by atoms with van der Waals surface area (Å²) in [5.41, 5.74) is 10.7. The topological polar surface area (TPSA) is 0 Å². The molecule has 0 saturated heterocycles. The first-order valence-corrected chi connectivity index (χ1v) is 12.4. The Hall–Kier alpha value is -4.16. The molecule has 0 aliphatic heterocycles. The summed E-state index contributed by atoms with van der Waals surface area (Å²) < 4.78 is 0. The third-order valence-corrected chi connectivity index (χ3v) is 7.86. The number of hydrogen-bond donors (Lipinski definition) is 0. The Morgan fingerprint density at radius 2 is 0.943 bits per heavy atom. The summed E-state index contributed by atoms with van der Waals surface area (Å²) in [5.74, 6) is 0. The van der Waals surface area contributed by atoms with E-state index in [2.05, 4.69) is 135 Å². The molecule has 1 aliphatic rings. The van der Waals surface area contributed by atoms with Crippen molar-refractivity contribution in [2.45, 2.75) is 19.3 Å². The Balaban J connectivity index is 1.78. The van der Waals surface area contributed by atoms with Crippen molar-refractivity contribution in [3.8, 4) is 33.4 Å². The van der Waals surface area contributed by atoms with E-state index in [1.807, 2.05) is 0 Å². The van der Waals surface area contributed by atoms with Crippen molar-refractivity contribution in [3.05, 3.63) is 132 Å². The van der Waals surface area contributed by atoms with Crippen molar-refractivity contribution in [2.75, 3.05) is 0 Å². The van der Waals surface area contributed by atoms with Crippen LogP contribution in [0.1, 0.15) is 25.0 Å². The normalized spacial score (nSPS) is 13.7. The molecule has 0 radical (unpaired) electrons. The first-order chi connectivity index (χ1) is 17.2. The van der Waals surface area contributed by atoms with Crippen molar-refractivity contribution in [1.29, 1.82) is 0 Å². The van der Waals surface area contributed by atoms with Crippen LogP contribution in [0.3, 0.4) is 0 Å². The van der Waals surface area contributed by atoms with E-state index in [0.717, 1.165) is 0 Å². The molecule has 0 nitrogen and oxygen atoms in total. The van der Waals surface area contributed by atoms with Gasteiger partial charge in [0.1, 0.15) is 0 Å². The van der Waals surface area contributed by atoms with Gasteiger partial charge in [0.2, 0.25) is 0 Å². The maximum Gasteiger partial charge on any atom is 0.0159 e. The molecule has 0 fully saturated rings. The van der Waals surface area contributed by atoms with Crippen LogP contribution in [-0.4, -0.2) is 0 Å². The molecule has 0 heteroatoms. The third-order valence-electron chi connectivity index (χ3n) is 7.86. The Bertz CT molecular complexity index is 1740. The van der Waals surface area contributed by atoms with Gasteiger partial charge in [0.05, 0.1) is 0 Å². The molecular formula is C35H26. The van der Waals surface area contributed by atoms with E-state index in [0.29, 0.717) is 0 Å². The molecule has 0 unspecified atom stereocenters. The summed E-state index contributed by atoms with van der Waals surface area (Å²) in [7, 11) is 0. The second-order valence-electron chi connectivity index (χ2n) is 10.1. The standard InChI is InChI=1S/C35H26/c1-35(2)29-20-12-11-19-27(29)33-30(35)22-21-28-31(23-13-5-3-6-14-23)25-17-9-10-18-26(25)32(34(28)33)24-15-7-4-8-16-24/h3-22H,1-2H3. The molecule has 0 atom stereocenters. The third kappa shape index (κ3) is 2.80. The Morgan fingerprint density at radius 1 is 0.400 bits per heavy atom. The minimum atomic E-state index is -0.0351. The SMILES string of the molecule is CC1(C)c2ccccc2-c2c1ccc1c(-c3ccccc3)c3ccccc3c(-c3ccccc3)c21. The highest BCUT2D eigenvalue weighted by Gasteiger charge is 2.37. The molecule has 0 heterocycles. The average molecular weight is 447 g/mol. The van der Waals surface area contributed by atoms with Crippen LogP contribution in [0.2, 0.25) is 0 Å². The van der Waals surface area contributed by atoms with E-state index >= 15 is 0 Å². The zero-order chi connectivity index (χ0) is 23.6. The second-order valence-corrected chi connectivity index (χ2v) is 10.1. The molecule has 0 N–H and O–H groups in total. The van der Waals surface area contributed by atoms with Gasteiger partial charge in [-0.3, -0.25) is 0 Å². The van der Waals surface area contributed by atoms with Gasteiger partial charge in [-0.15, -0.1) is 0 Å². The van der Waals surface area contributed by atoms with E-state index in [1.54, 1.807) is 0 Å². The number of hydrogen-bond acceptors (Lipinski definition) is 0. The fraction of sp³-hybridized carbons (Fsp3) is 0.0857. The lowest BCUT2D eigenvalue weighted by atomic mass is 9.79. The van der Waals surface area contributed by atoms with Crippen molar-refractivity contribution in [2.24, 2.45) is 0 Å². The quantitative estimate of drug-likeness (QED) is 0.232. The van der Waals surface area contributed by atoms with Gasteiger partial charge in [-0.25, -0.2) is 0 Å².